The van der Waals surface area contributed by atoms with Gasteiger partial charge in [0.1, 0.15) is 17.3 Å². The fraction of sp³-hybridized carbons (Fsp3) is 0.462. The first-order valence-electron chi connectivity index (χ1n) is 6.28. The number of anilines is 1. The molecule has 6 heteroatoms. The number of nitrogens with zero attached hydrogens (tertiary/aromatic N) is 3. The van der Waals surface area contributed by atoms with Crippen LogP contribution in [-0.2, 0) is 4.74 Å². The van der Waals surface area contributed by atoms with E-state index in [9.17, 15) is 4.79 Å². The Kier molecular flexibility index (Phi) is 4.46. The standard InChI is InChI=1S/C13H18N4O2/c1-3-4-14-12-9-11(15-10(2)16-12)13(18)17-5-7-19-8-6-17/h3,9H,1,4-8H2,2H3,(H,14,15,16). The molecule has 1 aliphatic heterocycles. The number of aromatic nitrogens is 2. The molecule has 1 aliphatic rings. The molecule has 1 saturated heterocycles. The molecule has 1 N–H and O–H groups in total. The Morgan fingerprint density at radius 2 is 2.26 bits per heavy atom. The molecule has 1 amide bonds. The van der Waals surface area contributed by atoms with Gasteiger partial charge in [-0.05, 0) is 6.92 Å². The lowest BCUT2D eigenvalue weighted by molar-refractivity contribution is 0.0299. The minimum absolute atomic E-state index is 0.0737. The number of ether oxygens (including phenoxy) is 1. The molecule has 1 aromatic rings. The van der Waals surface area contributed by atoms with Gasteiger partial charge >= 0.3 is 0 Å². The van der Waals surface area contributed by atoms with Gasteiger partial charge in [-0.3, -0.25) is 4.79 Å². The van der Waals surface area contributed by atoms with Crippen LogP contribution in [0.15, 0.2) is 18.7 Å². The quantitative estimate of drug-likeness (QED) is 0.815. The molecule has 0 spiro atoms. The average molecular weight is 262 g/mol. The molecule has 6 nitrogen and oxygen atoms in total. The molecule has 0 unspecified atom stereocenters. The number of morpholine rings is 1. The van der Waals surface area contributed by atoms with E-state index in [1.807, 2.05) is 0 Å². The molecule has 2 heterocycles. The van der Waals surface area contributed by atoms with E-state index >= 15 is 0 Å². The molecule has 0 saturated carbocycles. The largest absolute Gasteiger partial charge is 0.378 e. The van der Waals surface area contributed by atoms with E-state index in [2.05, 4.69) is 21.9 Å². The van der Waals surface area contributed by atoms with Crippen LogP contribution in [0.2, 0.25) is 0 Å². The number of carbonyl (C=O) groups is 1. The maximum Gasteiger partial charge on any atom is 0.272 e. The lowest BCUT2D eigenvalue weighted by atomic mass is 10.3. The monoisotopic (exact) mass is 262 g/mol. The first-order chi connectivity index (χ1) is 9.20. The first-order valence-corrected chi connectivity index (χ1v) is 6.28. The summed E-state index contributed by atoms with van der Waals surface area (Å²) >= 11 is 0. The Bertz CT molecular complexity index is 470. The fourth-order valence-electron chi connectivity index (χ4n) is 1.87. The third kappa shape index (κ3) is 3.51. The fourth-order valence-corrected chi connectivity index (χ4v) is 1.87. The van der Waals surface area contributed by atoms with Crippen LogP contribution >= 0.6 is 0 Å². The molecule has 0 radical (unpaired) electrons. The summed E-state index contributed by atoms with van der Waals surface area (Å²) in [5.74, 6) is 1.14. The molecular formula is C13H18N4O2. The lowest BCUT2D eigenvalue weighted by Gasteiger charge is -2.26. The van der Waals surface area contributed by atoms with E-state index in [0.717, 1.165) is 0 Å². The highest BCUT2D eigenvalue weighted by Crippen LogP contribution is 2.10. The third-order valence-electron chi connectivity index (χ3n) is 2.78. The summed E-state index contributed by atoms with van der Waals surface area (Å²) in [6.45, 7) is 8.38. The van der Waals surface area contributed by atoms with Crippen molar-refractivity contribution in [2.24, 2.45) is 0 Å². The predicted octanol–water partition coefficient (Wildman–Crippen LogP) is 0.855. The Balaban J connectivity index is 2.15. The van der Waals surface area contributed by atoms with Gasteiger partial charge in [0.25, 0.3) is 5.91 Å². The molecule has 0 bridgehead atoms. The first kappa shape index (κ1) is 13.5. The zero-order valence-corrected chi connectivity index (χ0v) is 11.1. The maximum absolute atomic E-state index is 12.3. The van der Waals surface area contributed by atoms with E-state index in [1.54, 1.807) is 24.0 Å². The number of nitrogens with one attached hydrogen (secondary N) is 1. The van der Waals surface area contributed by atoms with Crippen LogP contribution in [0.4, 0.5) is 5.82 Å². The molecule has 2 rings (SSSR count). The summed E-state index contributed by atoms with van der Waals surface area (Å²) in [4.78, 5) is 22.5. The van der Waals surface area contributed by atoms with E-state index in [4.69, 9.17) is 4.74 Å². The van der Waals surface area contributed by atoms with Gasteiger partial charge in [-0.2, -0.15) is 0 Å². The van der Waals surface area contributed by atoms with Crippen molar-refractivity contribution in [3.8, 4) is 0 Å². The van der Waals surface area contributed by atoms with Crippen molar-refractivity contribution in [3.05, 3.63) is 30.2 Å². The minimum atomic E-state index is -0.0737. The summed E-state index contributed by atoms with van der Waals surface area (Å²) in [6.07, 6.45) is 1.74. The Labute approximate surface area is 112 Å². The number of hydrogen-bond donors (Lipinski definition) is 1. The Hall–Kier alpha value is -1.95. The van der Waals surface area contributed by atoms with Gasteiger partial charge in [0.05, 0.1) is 13.2 Å². The molecule has 0 aromatic carbocycles. The smallest absolute Gasteiger partial charge is 0.272 e. The van der Waals surface area contributed by atoms with Crippen LogP contribution in [0, 0.1) is 6.92 Å². The van der Waals surface area contributed by atoms with Crippen LogP contribution in [0.1, 0.15) is 16.3 Å². The zero-order chi connectivity index (χ0) is 13.7. The van der Waals surface area contributed by atoms with Crippen molar-refractivity contribution < 1.29 is 9.53 Å². The number of aryl methyl sites for hydroxylation is 1. The van der Waals surface area contributed by atoms with Crippen molar-refractivity contribution >= 4 is 11.7 Å². The van der Waals surface area contributed by atoms with Crippen LogP contribution in [0.3, 0.4) is 0 Å². The molecule has 102 valence electrons. The molecule has 1 fully saturated rings. The minimum Gasteiger partial charge on any atom is -0.378 e. The number of hydrogen-bond acceptors (Lipinski definition) is 5. The van der Waals surface area contributed by atoms with Gasteiger partial charge < -0.3 is 15.0 Å². The van der Waals surface area contributed by atoms with Crippen molar-refractivity contribution in [2.75, 3.05) is 38.2 Å². The third-order valence-corrected chi connectivity index (χ3v) is 2.78. The second kappa shape index (κ2) is 6.29. The molecule has 0 atom stereocenters. The topological polar surface area (TPSA) is 67.4 Å². The molecular weight excluding hydrogens is 244 g/mol. The van der Waals surface area contributed by atoms with Crippen molar-refractivity contribution in [1.82, 2.24) is 14.9 Å². The Morgan fingerprint density at radius 3 is 2.95 bits per heavy atom. The summed E-state index contributed by atoms with van der Waals surface area (Å²) < 4.78 is 5.24. The van der Waals surface area contributed by atoms with Gasteiger partial charge in [-0.1, -0.05) is 6.08 Å². The molecule has 19 heavy (non-hydrogen) atoms. The highest BCUT2D eigenvalue weighted by Gasteiger charge is 2.20. The zero-order valence-electron chi connectivity index (χ0n) is 11.1. The number of amides is 1. The van der Waals surface area contributed by atoms with Gasteiger partial charge in [-0.25, -0.2) is 9.97 Å². The number of rotatable bonds is 4. The van der Waals surface area contributed by atoms with Crippen molar-refractivity contribution in [1.29, 1.82) is 0 Å². The normalized spacial score (nSPS) is 15.1. The van der Waals surface area contributed by atoms with Crippen LogP contribution in [0.25, 0.3) is 0 Å². The van der Waals surface area contributed by atoms with Crippen LogP contribution < -0.4 is 5.32 Å². The van der Waals surface area contributed by atoms with Gasteiger partial charge in [0.15, 0.2) is 0 Å². The van der Waals surface area contributed by atoms with Crippen molar-refractivity contribution in [3.63, 3.8) is 0 Å². The SMILES string of the molecule is C=CCNc1cc(C(=O)N2CCOCC2)nc(C)n1. The van der Waals surface area contributed by atoms with E-state index in [-0.39, 0.29) is 5.91 Å². The van der Waals surface area contributed by atoms with Gasteiger partial charge in [0.2, 0.25) is 0 Å². The van der Waals surface area contributed by atoms with Crippen LogP contribution in [-0.4, -0.2) is 53.6 Å². The highest BCUT2D eigenvalue weighted by molar-refractivity contribution is 5.93. The predicted molar refractivity (Wildman–Crippen MR) is 72.2 cm³/mol. The highest BCUT2D eigenvalue weighted by atomic mass is 16.5. The lowest BCUT2D eigenvalue weighted by Crippen LogP contribution is -2.41. The van der Waals surface area contributed by atoms with Crippen LogP contribution in [0.5, 0.6) is 0 Å². The molecule has 1 aromatic heterocycles. The summed E-state index contributed by atoms with van der Waals surface area (Å²) in [7, 11) is 0. The van der Waals surface area contributed by atoms with E-state index in [1.165, 1.54) is 0 Å². The summed E-state index contributed by atoms with van der Waals surface area (Å²) in [6, 6.07) is 1.67. The second-order valence-corrected chi connectivity index (χ2v) is 4.26. The number of carbonyl (C=O) groups excluding carboxylic acids is 1. The van der Waals surface area contributed by atoms with Gasteiger partial charge in [0, 0.05) is 25.7 Å². The summed E-state index contributed by atoms with van der Waals surface area (Å²) in [5, 5.41) is 3.07. The second-order valence-electron chi connectivity index (χ2n) is 4.26. The maximum atomic E-state index is 12.3. The van der Waals surface area contributed by atoms with E-state index in [0.29, 0.717) is 50.2 Å². The molecule has 0 aliphatic carbocycles. The van der Waals surface area contributed by atoms with E-state index < -0.39 is 0 Å². The van der Waals surface area contributed by atoms with Gasteiger partial charge in [-0.15, -0.1) is 6.58 Å². The summed E-state index contributed by atoms with van der Waals surface area (Å²) in [5.41, 5.74) is 0.418. The Morgan fingerprint density at radius 1 is 1.53 bits per heavy atom. The van der Waals surface area contributed by atoms with Crippen molar-refractivity contribution in [2.45, 2.75) is 6.92 Å². The average Bonchev–Trinajstić information content (AvgIpc) is 2.44.